The second-order valence-corrected chi connectivity index (χ2v) is 8.14. The molecule has 0 bridgehead atoms. The molecule has 8 heteroatoms. The van der Waals surface area contributed by atoms with Gasteiger partial charge in [-0.05, 0) is 56.2 Å². The van der Waals surface area contributed by atoms with Crippen LogP contribution in [0.5, 0.6) is 0 Å². The molecule has 0 spiro atoms. The SMILES string of the molecule is Cc1cc(C(=O)N2CCCCC2c2nc(-c3ccsc3)cc(=O)[nH]2)c(=O)[nH]c1C. The predicted octanol–water partition coefficient (Wildman–Crippen LogP) is 3.17. The normalized spacial score (nSPS) is 16.8. The number of piperidine rings is 1. The molecular formula is C21H22N4O3S. The van der Waals surface area contributed by atoms with Crippen molar-refractivity contribution in [1.82, 2.24) is 19.9 Å². The Morgan fingerprint density at radius 3 is 2.79 bits per heavy atom. The van der Waals surface area contributed by atoms with E-state index in [1.54, 1.807) is 17.9 Å². The number of aromatic nitrogens is 3. The van der Waals surface area contributed by atoms with E-state index in [1.165, 1.54) is 17.4 Å². The van der Waals surface area contributed by atoms with E-state index in [4.69, 9.17) is 0 Å². The van der Waals surface area contributed by atoms with Gasteiger partial charge in [-0.3, -0.25) is 14.4 Å². The topological polar surface area (TPSA) is 98.9 Å². The molecule has 3 aromatic heterocycles. The Bertz CT molecular complexity index is 1160. The molecule has 0 aliphatic carbocycles. The third-order valence-corrected chi connectivity index (χ3v) is 6.07. The van der Waals surface area contributed by atoms with Crippen LogP contribution in [0.1, 0.15) is 52.7 Å². The number of pyridine rings is 1. The Morgan fingerprint density at radius 2 is 2.03 bits per heavy atom. The van der Waals surface area contributed by atoms with Gasteiger partial charge in [-0.15, -0.1) is 0 Å². The standard InChI is InChI=1S/C21H22N4O3S/c1-12-9-15(20(27)22-13(12)2)21(28)25-7-4-3-5-17(25)19-23-16(10-18(26)24-19)14-6-8-29-11-14/h6,8-11,17H,3-5,7H2,1-2H3,(H,22,27)(H,23,24,26). The number of hydrogen-bond acceptors (Lipinski definition) is 5. The summed E-state index contributed by atoms with van der Waals surface area (Å²) in [6, 6.07) is 4.65. The molecule has 29 heavy (non-hydrogen) atoms. The van der Waals surface area contributed by atoms with Gasteiger partial charge in [-0.1, -0.05) is 0 Å². The molecule has 1 saturated heterocycles. The van der Waals surface area contributed by atoms with Gasteiger partial charge in [0.25, 0.3) is 17.0 Å². The van der Waals surface area contributed by atoms with Crippen molar-refractivity contribution in [2.24, 2.45) is 0 Å². The fraction of sp³-hybridized carbons (Fsp3) is 0.333. The van der Waals surface area contributed by atoms with E-state index in [0.717, 1.165) is 29.7 Å². The molecule has 3 aromatic rings. The maximum atomic E-state index is 13.3. The van der Waals surface area contributed by atoms with Crippen LogP contribution < -0.4 is 11.1 Å². The number of H-pyrrole nitrogens is 2. The number of thiophene rings is 1. The number of carbonyl (C=O) groups is 1. The minimum absolute atomic E-state index is 0.122. The fourth-order valence-corrected chi connectivity index (χ4v) is 4.34. The molecule has 0 radical (unpaired) electrons. The molecule has 0 saturated carbocycles. The highest BCUT2D eigenvalue weighted by Crippen LogP contribution is 2.30. The number of carbonyl (C=O) groups excluding carboxylic acids is 1. The van der Waals surface area contributed by atoms with E-state index in [1.807, 2.05) is 23.8 Å². The number of amides is 1. The number of aryl methyl sites for hydroxylation is 2. The molecule has 1 unspecified atom stereocenters. The van der Waals surface area contributed by atoms with Crippen molar-refractivity contribution >= 4 is 17.2 Å². The Hall–Kier alpha value is -3.00. The van der Waals surface area contributed by atoms with Crippen LogP contribution in [0.15, 0.2) is 38.5 Å². The first-order chi connectivity index (χ1) is 13.9. The number of hydrogen-bond donors (Lipinski definition) is 2. The molecule has 2 N–H and O–H groups in total. The van der Waals surface area contributed by atoms with E-state index in [2.05, 4.69) is 15.0 Å². The summed E-state index contributed by atoms with van der Waals surface area (Å²) in [4.78, 5) is 49.8. The number of aromatic amines is 2. The van der Waals surface area contributed by atoms with Crippen molar-refractivity contribution in [3.63, 3.8) is 0 Å². The summed E-state index contributed by atoms with van der Waals surface area (Å²) >= 11 is 1.53. The van der Waals surface area contributed by atoms with Gasteiger partial charge in [0.1, 0.15) is 11.4 Å². The van der Waals surface area contributed by atoms with Crippen molar-refractivity contribution < 1.29 is 4.79 Å². The molecule has 1 atom stereocenters. The van der Waals surface area contributed by atoms with Gasteiger partial charge in [0.15, 0.2) is 0 Å². The lowest BCUT2D eigenvalue weighted by molar-refractivity contribution is 0.0597. The average Bonchev–Trinajstić information content (AvgIpc) is 3.25. The van der Waals surface area contributed by atoms with Crippen molar-refractivity contribution in [1.29, 1.82) is 0 Å². The van der Waals surface area contributed by atoms with Gasteiger partial charge >= 0.3 is 0 Å². The van der Waals surface area contributed by atoms with Crippen LogP contribution in [0, 0.1) is 13.8 Å². The monoisotopic (exact) mass is 410 g/mol. The van der Waals surface area contributed by atoms with Crippen molar-refractivity contribution in [2.45, 2.75) is 39.2 Å². The van der Waals surface area contributed by atoms with E-state index >= 15 is 0 Å². The molecule has 150 valence electrons. The summed E-state index contributed by atoms with van der Waals surface area (Å²) in [5.41, 5.74) is 2.54. The summed E-state index contributed by atoms with van der Waals surface area (Å²) < 4.78 is 0. The zero-order valence-electron chi connectivity index (χ0n) is 16.3. The first kappa shape index (κ1) is 19.3. The average molecular weight is 410 g/mol. The molecule has 1 amide bonds. The largest absolute Gasteiger partial charge is 0.328 e. The summed E-state index contributed by atoms with van der Waals surface area (Å²) in [7, 11) is 0. The lowest BCUT2D eigenvalue weighted by Gasteiger charge is -2.35. The minimum Gasteiger partial charge on any atom is -0.328 e. The highest BCUT2D eigenvalue weighted by atomic mass is 32.1. The number of rotatable bonds is 3. The Kier molecular flexibility index (Phi) is 5.19. The maximum Gasteiger partial charge on any atom is 0.261 e. The zero-order chi connectivity index (χ0) is 20.5. The van der Waals surface area contributed by atoms with E-state index in [9.17, 15) is 14.4 Å². The van der Waals surface area contributed by atoms with Gasteiger partial charge in [-0.2, -0.15) is 11.3 Å². The molecule has 7 nitrogen and oxygen atoms in total. The van der Waals surface area contributed by atoms with Gasteiger partial charge in [-0.25, -0.2) is 4.98 Å². The Labute approximate surface area is 171 Å². The summed E-state index contributed by atoms with van der Waals surface area (Å²) in [6.07, 6.45) is 2.45. The fourth-order valence-electron chi connectivity index (χ4n) is 3.69. The number of nitrogens with one attached hydrogen (secondary N) is 2. The van der Waals surface area contributed by atoms with Crippen molar-refractivity contribution in [2.75, 3.05) is 6.54 Å². The van der Waals surface area contributed by atoms with Gasteiger partial charge < -0.3 is 14.9 Å². The number of nitrogens with zero attached hydrogens (tertiary/aromatic N) is 2. The molecule has 4 heterocycles. The third kappa shape index (κ3) is 3.80. The van der Waals surface area contributed by atoms with Gasteiger partial charge in [0, 0.05) is 29.2 Å². The highest BCUT2D eigenvalue weighted by molar-refractivity contribution is 7.08. The van der Waals surface area contributed by atoms with Crippen LogP contribution in [-0.4, -0.2) is 32.3 Å². The first-order valence-electron chi connectivity index (χ1n) is 9.59. The van der Waals surface area contributed by atoms with Crippen molar-refractivity contribution in [3.05, 3.63) is 72.3 Å². The molecule has 1 fully saturated rings. The molecule has 1 aliphatic rings. The quantitative estimate of drug-likeness (QED) is 0.693. The molecule has 1 aliphatic heterocycles. The molecule has 0 aromatic carbocycles. The van der Waals surface area contributed by atoms with Crippen LogP contribution in [0.4, 0.5) is 0 Å². The summed E-state index contributed by atoms with van der Waals surface area (Å²) in [5, 5.41) is 3.87. The predicted molar refractivity (Wildman–Crippen MR) is 112 cm³/mol. The van der Waals surface area contributed by atoms with Crippen LogP contribution in [0.3, 0.4) is 0 Å². The molecule has 4 rings (SSSR count). The first-order valence-corrected chi connectivity index (χ1v) is 10.5. The Morgan fingerprint density at radius 1 is 1.21 bits per heavy atom. The van der Waals surface area contributed by atoms with Crippen LogP contribution >= 0.6 is 11.3 Å². The van der Waals surface area contributed by atoms with Gasteiger partial charge in [0.05, 0.1) is 11.7 Å². The van der Waals surface area contributed by atoms with E-state index < -0.39 is 5.56 Å². The van der Waals surface area contributed by atoms with E-state index in [0.29, 0.717) is 24.5 Å². The second kappa shape index (κ2) is 7.79. The lowest BCUT2D eigenvalue weighted by Crippen LogP contribution is -2.42. The van der Waals surface area contributed by atoms with Crippen LogP contribution in [0.2, 0.25) is 0 Å². The summed E-state index contributed by atoms with van der Waals surface area (Å²) in [6.45, 7) is 4.18. The Balaban J connectivity index is 1.74. The van der Waals surface area contributed by atoms with E-state index in [-0.39, 0.29) is 23.1 Å². The second-order valence-electron chi connectivity index (χ2n) is 7.36. The maximum absolute atomic E-state index is 13.3. The van der Waals surface area contributed by atoms with Gasteiger partial charge in [0.2, 0.25) is 0 Å². The van der Waals surface area contributed by atoms with Crippen molar-refractivity contribution in [3.8, 4) is 11.3 Å². The smallest absolute Gasteiger partial charge is 0.261 e. The van der Waals surface area contributed by atoms with Crippen LogP contribution in [-0.2, 0) is 0 Å². The number of likely N-dealkylation sites (tertiary alicyclic amines) is 1. The zero-order valence-corrected chi connectivity index (χ0v) is 17.1. The highest BCUT2D eigenvalue weighted by Gasteiger charge is 2.32. The van der Waals surface area contributed by atoms with Crippen LogP contribution in [0.25, 0.3) is 11.3 Å². The lowest BCUT2D eigenvalue weighted by atomic mass is 9.99. The summed E-state index contributed by atoms with van der Waals surface area (Å²) in [5.74, 6) is 0.134. The third-order valence-electron chi connectivity index (χ3n) is 5.38. The molecular weight excluding hydrogens is 388 g/mol. The minimum atomic E-state index is -0.393.